The standard InChI is InChI=1S/C4H7N3OS/c1-2-9(8)7-4-6-3-5/h4H,2H2,1H3,(H,6,7). The van der Waals surface area contributed by atoms with Gasteiger partial charge < -0.3 is 0 Å². The fourth-order valence-electron chi connectivity index (χ4n) is 0.189. The van der Waals surface area contributed by atoms with Gasteiger partial charge in [-0.15, -0.1) is 0 Å². The van der Waals surface area contributed by atoms with Gasteiger partial charge in [-0.3, -0.25) is 5.32 Å². The van der Waals surface area contributed by atoms with E-state index in [4.69, 9.17) is 5.26 Å². The Kier molecular flexibility index (Phi) is 4.73. The number of rotatable bonds is 3. The highest BCUT2D eigenvalue weighted by Crippen LogP contribution is 1.77. The van der Waals surface area contributed by atoms with Gasteiger partial charge in [-0.05, 0) is 0 Å². The Hall–Kier alpha value is -0.890. The van der Waals surface area contributed by atoms with Gasteiger partial charge in [0, 0.05) is 5.75 Å². The molecule has 1 atom stereocenters. The first kappa shape index (κ1) is 8.11. The first-order valence-corrected chi connectivity index (χ1v) is 3.64. The van der Waals surface area contributed by atoms with Crippen molar-refractivity contribution in [2.75, 3.05) is 5.75 Å². The summed E-state index contributed by atoms with van der Waals surface area (Å²) in [4.78, 5) is 0. The lowest BCUT2D eigenvalue weighted by Gasteiger charge is -1.83. The van der Waals surface area contributed by atoms with E-state index in [0.717, 1.165) is 6.34 Å². The molecule has 0 aromatic heterocycles. The Morgan fingerprint density at radius 3 is 3.11 bits per heavy atom. The summed E-state index contributed by atoms with van der Waals surface area (Å²) in [6.07, 6.45) is 2.74. The van der Waals surface area contributed by atoms with Crippen LogP contribution < -0.4 is 5.32 Å². The van der Waals surface area contributed by atoms with Crippen molar-refractivity contribution >= 4 is 17.3 Å². The highest BCUT2D eigenvalue weighted by atomic mass is 32.2. The Balaban J connectivity index is 3.47. The molecule has 0 aliphatic heterocycles. The van der Waals surface area contributed by atoms with Crippen molar-refractivity contribution in [3.8, 4) is 6.19 Å². The van der Waals surface area contributed by atoms with Crippen LogP contribution in [0, 0.1) is 11.5 Å². The quantitative estimate of drug-likeness (QED) is 0.258. The number of nitriles is 1. The van der Waals surface area contributed by atoms with Crippen molar-refractivity contribution in [1.82, 2.24) is 5.32 Å². The van der Waals surface area contributed by atoms with Crippen LogP contribution in [-0.2, 0) is 11.0 Å². The largest absolute Gasteiger partial charge is 0.282 e. The second-order valence-corrected chi connectivity index (χ2v) is 2.53. The van der Waals surface area contributed by atoms with Crippen LogP contribution in [0.15, 0.2) is 4.40 Å². The molecule has 1 unspecified atom stereocenters. The molecule has 0 aromatic rings. The van der Waals surface area contributed by atoms with Crippen molar-refractivity contribution in [2.45, 2.75) is 6.92 Å². The molecule has 0 fully saturated rings. The molecule has 0 aliphatic carbocycles. The summed E-state index contributed by atoms with van der Waals surface area (Å²) in [7, 11) is -1.17. The molecular formula is C4H7N3OS. The molecule has 0 heterocycles. The third-order valence-electron chi connectivity index (χ3n) is 0.546. The molecule has 0 radical (unpaired) electrons. The summed E-state index contributed by atoms with van der Waals surface area (Å²) in [5.41, 5.74) is 0. The number of nitrogens with zero attached hydrogens (tertiary/aromatic N) is 2. The minimum Gasteiger partial charge on any atom is -0.282 e. The van der Waals surface area contributed by atoms with Gasteiger partial charge in [0.2, 0.25) is 0 Å². The van der Waals surface area contributed by atoms with E-state index in [1.807, 2.05) is 0 Å². The normalized spacial score (nSPS) is 12.9. The predicted molar refractivity (Wildman–Crippen MR) is 35.9 cm³/mol. The molecule has 9 heavy (non-hydrogen) atoms. The molecule has 5 heteroatoms. The van der Waals surface area contributed by atoms with E-state index in [9.17, 15) is 4.21 Å². The molecule has 0 saturated heterocycles. The maximum Gasteiger partial charge on any atom is 0.182 e. The zero-order chi connectivity index (χ0) is 7.11. The van der Waals surface area contributed by atoms with Gasteiger partial charge in [0.1, 0.15) is 17.3 Å². The van der Waals surface area contributed by atoms with Crippen molar-refractivity contribution < 1.29 is 4.21 Å². The summed E-state index contributed by atoms with van der Waals surface area (Å²) in [6.45, 7) is 1.75. The molecule has 0 amide bonds. The maximum absolute atomic E-state index is 10.5. The number of hydrogen-bond donors (Lipinski definition) is 1. The molecule has 0 saturated carbocycles. The zero-order valence-electron chi connectivity index (χ0n) is 5.00. The Morgan fingerprint density at radius 2 is 2.67 bits per heavy atom. The van der Waals surface area contributed by atoms with E-state index in [2.05, 4.69) is 9.71 Å². The first-order valence-electron chi connectivity index (χ1n) is 2.37. The van der Waals surface area contributed by atoms with E-state index in [-0.39, 0.29) is 0 Å². The van der Waals surface area contributed by atoms with Gasteiger partial charge in [-0.25, -0.2) is 4.21 Å². The Morgan fingerprint density at radius 1 is 2.00 bits per heavy atom. The monoisotopic (exact) mass is 145 g/mol. The molecule has 0 aliphatic rings. The highest BCUT2D eigenvalue weighted by molar-refractivity contribution is 7.83. The number of hydrogen-bond acceptors (Lipinski definition) is 2. The molecule has 0 rings (SSSR count). The smallest absolute Gasteiger partial charge is 0.182 e. The van der Waals surface area contributed by atoms with E-state index in [0.29, 0.717) is 5.75 Å². The van der Waals surface area contributed by atoms with Crippen molar-refractivity contribution in [2.24, 2.45) is 4.40 Å². The third-order valence-corrected chi connectivity index (χ3v) is 1.38. The van der Waals surface area contributed by atoms with Crippen LogP contribution >= 0.6 is 0 Å². The maximum atomic E-state index is 10.5. The van der Waals surface area contributed by atoms with Crippen molar-refractivity contribution in [1.29, 1.82) is 5.26 Å². The molecule has 0 spiro atoms. The average molecular weight is 145 g/mol. The Bertz CT molecular complexity index is 160. The average Bonchev–Trinajstić information content (AvgIpc) is 1.89. The summed E-state index contributed by atoms with van der Waals surface area (Å²) in [5, 5.41) is 10.0. The Labute approximate surface area is 56.2 Å². The third kappa shape index (κ3) is 4.97. The fraction of sp³-hybridized carbons (Fsp3) is 0.500. The van der Waals surface area contributed by atoms with Crippen LogP contribution in [0.1, 0.15) is 6.92 Å². The second-order valence-electron chi connectivity index (χ2n) is 1.10. The van der Waals surface area contributed by atoms with Crippen LogP contribution in [0.5, 0.6) is 0 Å². The van der Waals surface area contributed by atoms with Crippen LogP contribution in [0.2, 0.25) is 0 Å². The minimum atomic E-state index is -1.17. The fourth-order valence-corrected chi connectivity index (χ4v) is 0.508. The molecule has 4 nitrogen and oxygen atoms in total. The minimum absolute atomic E-state index is 0.476. The topological polar surface area (TPSA) is 65.2 Å². The van der Waals surface area contributed by atoms with E-state index >= 15 is 0 Å². The van der Waals surface area contributed by atoms with Gasteiger partial charge in [0.15, 0.2) is 6.19 Å². The summed E-state index contributed by atoms with van der Waals surface area (Å²) in [6, 6.07) is 0. The van der Waals surface area contributed by atoms with Crippen molar-refractivity contribution in [3.63, 3.8) is 0 Å². The van der Waals surface area contributed by atoms with Gasteiger partial charge in [0.25, 0.3) is 0 Å². The molecular weight excluding hydrogens is 138 g/mol. The van der Waals surface area contributed by atoms with Crippen LogP contribution in [0.3, 0.4) is 0 Å². The van der Waals surface area contributed by atoms with E-state index < -0.39 is 11.0 Å². The lowest BCUT2D eigenvalue weighted by molar-refractivity contribution is 0.685. The van der Waals surface area contributed by atoms with Gasteiger partial charge in [-0.2, -0.15) is 9.66 Å². The molecule has 0 bridgehead atoms. The number of nitrogens with one attached hydrogen (secondary N) is 1. The zero-order valence-corrected chi connectivity index (χ0v) is 5.81. The predicted octanol–water partition coefficient (Wildman–Crippen LogP) is -0.231. The molecule has 0 aromatic carbocycles. The van der Waals surface area contributed by atoms with Gasteiger partial charge in [-0.1, -0.05) is 6.92 Å². The van der Waals surface area contributed by atoms with Crippen LogP contribution in [0.4, 0.5) is 0 Å². The van der Waals surface area contributed by atoms with E-state index in [1.165, 1.54) is 0 Å². The molecule has 50 valence electrons. The summed E-state index contributed by atoms with van der Waals surface area (Å²) < 4.78 is 13.9. The lowest BCUT2D eigenvalue weighted by atomic mass is 11.0. The van der Waals surface area contributed by atoms with Crippen LogP contribution in [0.25, 0.3) is 0 Å². The van der Waals surface area contributed by atoms with Gasteiger partial charge >= 0.3 is 0 Å². The highest BCUT2D eigenvalue weighted by Gasteiger charge is 1.84. The van der Waals surface area contributed by atoms with Gasteiger partial charge in [0.05, 0.1) is 0 Å². The van der Waals surface area contributed by atoms with Crippen molar-refractivity contribution in [3.05, 3.63) is 0 Å². The van der Waals surface area contributed by atoms with E-state index in [1.54, 1.807) is 13.1 Å². The van der Waals surface area contributed by atoms with Crippen LogP contribution in [-0.4, -0.2) is 16.3 Å². The lowest BCUT2D eigenvalue weighted by Crippen LogP contribution is -2.01. The molecule has 1 N–H and O–H groups in total. The summed E-state index contributed by atoms with van der Waals surface area (Å²) >= 11 is 0. The first-order chi connectivity index (χ1) is 4.31. The SMILES string of the molecule is CCS(=O)N=CNC#N. The summed E-state index contributed by atoms with van der Waals surface area (Å²) in [5.74, 6) is 0.476. The second kappa shape index (κ2) is 5.25.